The largest absolute Gasteiger partial charge is 0.385 e. The number of hydrogen-bond donors (Lipinski definition) is 1. The quantitative estimate of drug-likeness (QED) is 0.609. The lowest BCUT2D eigenvalue weighted by molar-refractivity contribution is -0.873. The monoisotopic (exact) mass is 168 g/mol. The lowest BCUT2D eigenvalue weighted by atomic mass is 10.3. The third-order valence-electron chi connectivity index (χ3n) is 1.01. The highest BCUT2D eigenvalue weighted by Gasteiger charge is 2.14. The normalized spacial score (nSPS) is 15.3. The van der Waals surface area contributed by atoms with Gasteiger partial charge in [0, 0.05) is 0 Å². The maximum absolute atomic E-state index is 9.16. The Morgan fingerprint density at radius 1 is 1.50 bits per heavy atom. The molecular formula is C6H15ClNO2+. The lowest BCUT2D eigenvalue weighted by Crippen LogP contribution is -2.42. The van der Waals surface area contributed by atoms with Gasteiger partial charge in [-0.1, -0.05) is 0 Å². The Morgan fingerprint density at radius 2 is 2.00 bits per heavy atom. The highest BCUT2D eigenvalue weighted by Crippen LogP contribution is 1.96. The molecular weight excluding hydrogens is 154 g/mol. The molecule has 0 spiro atoms. The van der Waals surface area contributed by atoms with Gasteiger partial charge in [-0.25, -0.2) is 0 Å². The van der Waals surface area contributed by atoms with Crippen LogP contribution >= 0.6 is 11.9 Å². The molecule has 0 aliphatic rings. The molecule has 1 N–H and O–H groups in total. The van der Waals surface area contributed by atoms with Gasteiger partial charge in [-0.15, -0.1) is 0 Å². The van der Waals surface area contributed by atoms with Gasteiger partial charge in [0.1, 0.15) is 12.6 Å². The van der Waals surface area contributed by atoms with Crippen LogP contribution in [0.2, 0.25) is 0 Å². The van der Waals surface area contributed by atoms with Crippen LogP contribution in [0.3, 0.4) is 0 Å². The Bertz CT molecular complexity index is 92.2. The molecule has 4 heteroatoms. The summed E-state index contributed by atoms with van der Waals surface area (Å²) in [5.41, 5.74) is 0. The van der Waals surface area contributed by atoms with Crippen molar-refractivity contribution in [3.63, 3.8) is 0 Å². The summed E-state index contributed by atoms with van der Waals surface area (Å²) >= 11 is 4.96. The maximum Gasteiger partial charge on any atom is 0.128 e. The van der Waals surface area contributed by atoms with E-state index in [1.807, 2.05) is 21.1 Å². The molecule has 0 heterocycles. The van der Waals surface area contributed by atoms with Gasteiger partial charge >= 0.3 is 0 Å². The first kappa shape index (κ1) is 10.2. The maximum atomic E-state index is 9.16. The molecule has 1 atom stereocenters. The number of hydrogen-bond acceptors (Lipinski definition) is 2. The third kappa shape index (κ3) is 6.29. The Balaban J connectivity index is 3.47. The van der Waals surface area contributed by atoms with Crippen molar-refractivity contribution in [1.82, 2.24) is 0 Å². The van der Waals surface area contributed by atoms with Crippen LogP contribution in [0.15, 0.2) is 0 Å². The first-order valence-corrected chi connectivity index (χ1v) is 3.48. The summed E-state index contributed by atoms with van der Waals surface area (Å²) in [6.45, 7) is 0.837. The predicted octanol–water partition coefficient (Wildman–Crippen LogP) is 0.224. The molecule has 0 radical (unpaired) electrons. The minimum atomic E-state index is -0.475. The van der Waals surface area contributed by atoms with Crippen LogP contribution in [0.1, 0.15) is 0 Å². The van der Waals surface area contributed by atoms with Gasteiger partial charge < -0.3 is 9.59 Å². The molecule has 0 saturated carbocycles. The number of quaternary nitrogens is 1. The summed E-state index contributed by atoms with van der Waals surface area (Å²) in [6.07, 6.45) is -0.475. The molecule has 0 aromatic rings. The van der Waals surface area contributed by atoms with Crippen molar-refractivity contribution in [3.05, 3.63) is 0 Å². The van der Waals surface area contributed by atoms with Gasteiger partial charge in [-0.3, -0.25) is 4.29 Å². The summed E-state index contributed by atoms with van der Waals surface area (Å²) in [7, 11) is 5.99. The zero-order chi connectivity index (χ0) is 8.20. The Morgan fingerprint density at radius 3 is 2.30 bits per heavy atom. The molecule has 0 fully saturated rings. The van der Waals surface area contributed by atoms with Gasteiger partial charge in [0.25, 0.3) is 0 Å². The summed E-state index contributed by atoms with van der Waals surface area (Å²) in [6, 6.07) is 0. The summed E-state index contributed by atoms with van der Waals surface area (Å²) in [4.78, 5) is 0. The van der Waals surface area contributed by atoms with Crippen LogP contribution in [0.4, 0.5) is 0 Å². The molecule has 0 amide bonds. The minimum Gasteiger partial charge on any atom is -0.385 e. The summed E-state index contributed by atoms with van der Waals surface area (Å²) in [5.74, 6) is 0. The molecule has 3 nitrogen and oxygen atoms in total. The summed E-state index contributed by atoms with van der Waals surface area (Å²) in [5, 5.41) is 9.16. The SMILES string of the molecule is C[N+](C)(C)CC(O)COCl. The fraction of sp³-hybridized carbons (Fsp3) is 1.00. The van der Waals surface area contributed by atoms with Gasteiger partial charge in [-0.2, -0.15) is 0 Å². The van der Waals surface area contributed by atoms with Crippen molar-refractivity contribution in [2.45, 2.75) is 6.10 Å². The van der Waals surface area contributed by atoms with E-state index in [1.54, 1.807) is 0 Å². The second-order valence-corrected chi connectivity index (χ2v) is 3.62. The van der Waals surface area contributed by atoms with E-state index < -0.39 is 6.10 Å². The van der Waals surface area contributed by atoms with Gasteiger partial charge in [0.2, 0.25) is 0 Å². The molecule has 0 rings (SSSR count). The molecule has 0 bridgehead atoms. The number of halogens is 1. The number of aliphatic hydroxyl groups is 1. The fourth-order valence-corrected chi connectivity index (χ4v) is 0.903. The van der Waals surface area contributed by atoms with Crippen molar-refractivity contribution in [2.75, 3.05) is 34.3 Å². The van der Waals surface area contributed by atoms with Crippen LogP contribution in [0.25, 0.3) is 0 Å². The highest BCUT2D eigenvalue weighted by atomic mass is 35.5. The second-order valence-electron chi connectivity index (χ2n) is 3.40. The van der Waals surface area contributed by atoms with Crippen LogP contribution in [-0.2, 0) is 4.29 Å². The van der Waals surface area contributed by atoms with Crippen LogP contribution < -0.4 is 0 Å². The number of aliphatic hydroxyl groups excluding tert-OH is 1. The Kier molecular flexibility index (Phi) is 4.20. The smallest absolute Gasteiger partial charge is 0.128 e. The van der Waals surface area contributed by atoms with Crippen molar-refractivity contribution in [1.29, 1.82) is 0 Å². The van der Waals surface area contributed by atoms with Crippen LogP contribution in [0.5, 0.6) is 0 Å². The Labute approximate surface area is 66.9 Å². The topological polar surface area (TPSA) is 29.5 Å². The fourth-order valence-electron chi connectivity index (χ4n) is 0.758. The van der Waals surface area contributed by atoms with E-state index >= 15 is 0 Å². The van der Waals surface area contributed by atoms with Gasteiger partial charge in [0.05, 0.1) is 39.6 Å². The number of rotatable bonds is 4. The average Bonchev–Trinajstić information content (AvgIpc) is 1.59. The zero-order valence-electron chi connectivity index (χ0n) is 6.67. The lowest BCUT2D eigenvalue weighted by Gasteiger charge is -2.25. The Hall–Kier alpha value is 0.170. The first-order valence-electron chi connectivity index (χ1n) is 3.18. The zero-order valence-corrected chi connectivity index (χ0v) is 7.43. The van der Waals surface area contributed by atoms with Crippen LogP contribution in [-0.4, -0.2) is 50.0 Å². The molecule has 1 unspecified atom stereocenters. The van der Waals surface area contributed by atoms with Gasteiger partial charge in [0.15, 0.2) is 0 Å². The van der Waals surface area contributed by atoms with Crippen molar-refractivity contribution < 1.29 is 13.9 Å². The van der Waals surface area contributed by atoms with E-state index in [9.17, 15) is 0 Å². The van der Waals surface area contributed by atoms with E-state index in [0.29, 0.717) is 11.0 Å². The third-order valence-corrected chi connectivity index (χ3v) is 1.14. The molecule has 0 aliphatic carbocycles. The molecule has 0 aromatic heterocycles. The van der Waals surface area contributed by atoms with Crippen LogP contribution in [0, 0.1) is 0 Å². The van der Waals surface area contributed by atoms with Crippen molar-refractivity contribution in [2.24, 2.45) is 0 Å². The highest BCUT2D eigenvalue weighted by molar-refractivity contribution is 6.07. The van der Waals surface area contributed by atoms with E-state index in [1.165, 1.54) is 0 Å². The van der Waals surface area contributed by atoms with Gasteiger partial charge in [-0.05, 0) is 0 Å². The minimum absolute atomic E-state index is 0.192. The average molecular weight is 169 g/mol. The van der Waals surface area contributed by atoms with E-state index in [2.05, 4.69) is 4.29 Å². The van der Waals surface area contributed by atoms with E-state index in [4.69, 9.17) is 17.0 Å². The van der Waals surface area contributed by atoms with E-state index in [0.717, 1.165) is 0 Å². The van der Waals surface area contributed by atoms with Crippen molar-refractivity contribution >= 4 is 11.9 Å². The van der Waals surface area contributed by atoms with Crippen molar-refractivity contribution in [3.8, 4) is 0 Å². The second kappa shape index (κ2) is 4.13. The predicted molar refractivity (Wildman–Crippen MR) is 40.7 cm³/mol. The number of nitrogens with zero attached hydrogens (tertiary/aromatic N) is 1. The molecule has 62 valence electrons. The molecule has 10 heavy (non-hydrogen) atoms. The standard InChI is InChI=1S/C6H15ClNO2/c1-8(2,3)4-6(9)5-10-7/h6,9H,4-5H2,1-3H3/q+1. The molecule has 0 saturated heterocycles. The van der Waals surface area contributed by atoms with E-state index in [-0.39, 0.29) is 6.61 Å². The molecule has 0 aromatic carbocycles. The summed E-state index contributed by atoms with van der Waals surface area (Å²) < 4.78 is 4.97. The number of likely N-dealkylation sites (N-methyl/N-ethyl adjacent to an activating group) is 1. The molecule has 0 aliphatic heterocycles. The first-order chi connectivity index (χ1) is 4.45.